The molecule has 0 saturated heterocycles. The molecule has 0 fully saturated rings. The Kier molecular flexibility index (Phi) is 5.12. The molecule has 0 aromatic heterocycles. The topological polar surface area (TPSA) is 9.23 Å². The zero-order valence-electron chi connectivity index (χ0n) is 15.6. The van der Waals surface area contributed by atoms with Gasteiger partial charge in [0.2, 0.25) is 0 Å². The van der Waals surface area contributed by atoms with E-state index in [1.165, 1.54) is 23.3 Å². The number of hydrogen-bond acceptors (Lipinski definition) is 1. The number of halogens is 3. The van der Waals surface area contributed by atoms with Crippen LogP contribution in [0, 0.1) is 5.82 Å². The number of hydrogen-bond donors (Lipinski definition) is 0. The first-order valence-electron chi connectivity index (χ1n) is 9.55. The summed E-state index contributed by atoms with van der Waals surface area (Å²) in [6, 6.07) is 16.3. The molecule has 0 amide bonds. The first-order chi connectivity index (χ1) is 13.6. The molecule has 144 valence electrons. The number of ether oxygens (including phenoxy) is 1. The van der Waals surface area contributed by atoms with E-state index in [9.17, 15) is 8.78 Å². The zero-order chi connectivity index (χ0) is 19.7. The minimum atomic E-state index is -2.87. The highest BCUT2D eigenvalue weighted by molar-refractivity contribution is 5.78. The van der Waals surface area contributed by atoms with E-state index in [0.717, 1.165) is 36.0 Å². The number of fused-ring (bicyclic) bond motifs is 3. The average molecular weight is 382 g/mol. The molecule has 1 aliphatic carbocycles. The van der Waals surface area contributed by atoms with Crippen LogP contribution in [-0.4, -0.2) is 6.61 Å². The predicted octanol–water partition coefficient (Wildman–Crippen LogP) is 6.81. The summed E-state index contributed by atoms with van der Waals surface area (Å²) < 4.78 is 44.3. The van der Waals surface area contributed by atoms with Crippen molar-refractivity contribution in [1.82, 2.24) is 0 Å². The maximum absolute atomic E-state index is 15.3. The molecule has 4 heteroatoms. The molecule has 0 spiro atoms. The van der Waals surface area contributed by atoms with E-state index in [1.807, 2.05) is 6.07 Å². The van der Waals surface area contributed by atoms with Gasteiger partial charge in [0.05, 0.1) is 0 Å². The van der Waals surface area contributed by atoms with Crippen molar-refractivity contribution in [2.24, 2.45) is 0 Å². The molecule has 1 nitrogen and oxygen atoms in total. The Bertz CT molecular complexity index is 993. The largest absolute Gasteiger partial charge is 0.435 e. The molecule has 3 aromatic rings. The van der Waals surface area contributed by atoms with Crippen molar-refractivity contribution in [1.29, 1.82) is 0 Å². The molecule has 3 aromatic carbocycles. The van der Waals surface area contributed by atoms with Gasteiger partial charge in [0.1, 0.15) is 11.6 Å². The minimum absolute atomic E-state index is 0.0638. The summed E-state index contributed by atoms with van der Waals surface area (Å²) in [5, 5.41) is 0. The maximum atomic E-state index is 15.3. The second-order valence-electron chi connectivity index (χ2n) is 7.10. The Morgan fingerprint density at radius 3 is 2.32 bits per heavy atom. The van der Waals surface area contributed by atoms with E-state index in [0.29, 0.717) is 17.5 Å². The van der Waals surface area contributed by atoms with Crippen LogP contribution >= 0.6 is 0 Å². The molecule has 0 atom stereocenters. The van der Waals surface area contributed by atoms with Crippen LogP contribution in [0.4, 0.5) is 13.2 Å². The Morgan fingerprint density at radius 2 is 1.61 bits per heavy atom. The summed E-state index contributed by atoms with van der Waals surface area (Å²) in [4.78, 5) is 0. The summed E-state index contributed by atoms with van der Waals surface area (Å²) in [6.45, 7) is -0.707. The lowest BCUT2D eigenvalue weighted by molar-refractivity contribution is -0.0498. The number of aryl methyl sites for hydroxylation is 2. The van der Waals surface area contributed by atoms with Gasteiger partial charge < -0.3 is 4.74 Å². The van der Waals surface area contributed by atoms with E-state index in [1.54, 1.807) is 18.2 Å². The summed E-state index contributed by atoms with van der Waals surface area (Å²) in [6.07, 6.45) is 3.64. The Balaban J connectivity index is 1.69. The Morgan fingerprint density at radius 1 is 0.893 bits per heavy atom. The van der Waals surface area contributed by atoms with Gasteiger partial charge in [-0.05, 0) is 64.8 Å². The van der Waals surface area contributed by atoms with Gasteiger partial charge in [-0.15, -0.1) is 0 Å². The lowest BCUT2D eigenvalue weighted by Crippen LogP contribution is -2.08. The maximum Gasteiger partial charge on any atom is 0.387 e. The van der Waals surface area contributed by atoms with Crippen LogP contribution in [0.25, 0.3) is 22.3 Å². The fourth-order valence-corrected chi connectivity index (χ4v) is 3.98. The minimum Gasteiger partial charge on any atom is -0.435 e. The smallest absolute Gasteiger partial charge is 0.387 e. The lowest BCUT2D eigenvalue weighted by atomic mass is 9.82. The Hall–Kier alpha value is -2.75. The van der Waals surface area contributed by atoms with Gasteiger partial charge in [0.15, 0.2) is 0 Å². The summed E-state index contributed by atoms with van der Waals surface area (Å²) in [7, 11) is 0. The third kappa shape index (κ3) is 3.51. The van der Waals surface area contributed by atoms with E-state index < -0.39 is 6.61 Å². The van der Waals surface area contributed by atoms with Gasteiger partial charge in [-0.25, -0.2) is 4.39 Å². The highest BCUT2D eigenvalue weighted by atomic mass is 19.3. The monoisotopic (exact) mass is 382 g/mol. The molecule has 0 unspecified atom stereocenters. The number of benzene rings is 3. The fourth-order valence-electron chi connectivity index (χ4n) is 3.98. The van der Waals surface area contributed by atoms with Gasteiger partial charge >= 0.3 is 6.61 Å². The van der Waals surface area contributed by atoms with Crippen LogP contribution < -0.4 is 4.74 Å². The van der Waals surface area contributed by atoms with Crippen molar-refractivity contribution in [2.45, 2.75) is 39.2 Å². The fraction of sp³-hybridized carbons (Fsp3) is 0.250. The predicted molar refractivity (Wildman–Crippen MR) is 105 cm³/mol. The quantitative estimate of drug-likeness (QED) is 0.471. The van der Waals surface area contributed by atoms with E-state index in [2.05, 4.69) is 29.9 Å². The molecular weight excluding hydrogens is 361 g/mol. The standard InChI is InChI=1S/C24H21F3O/c1-2-3-15-4-10-19-17(14-15)7-11-22-21(19)13-12-20(23(22)25)16-5-8-18(9-6-16)28-24(26)27/h4-6,8-10,12-14,24H,2-3,7,11H2,1H3. The first-order valence-corrected chi connectivity index (χ1v) is 9.55. The Labute approximate surface area is 162 Å². The van der Waals surface area contributed by atoms with Crippen LogP contribution in [0.3, 0.4) is 0 Å². The molecule has 0 bridgehead atoms. The molecule has 4 rings (SSSR count). The van der Waals surface area contributed by atoms with Gasteiger partial charge in [-0.1, -0.05) is 55.8 Å². The number of alkyl halides is 2. The molecule has 0 radical (unpaired) electrons. The van der Waals surface area contributed by atoms with E-state index in [-0.39, 0.29) is 11.6 Å². The third-order valence-electron chi connectivity index (χ3n) is 5.28. The van der Waals surface area contributed by atoms with Gasteiger partial charge in [0.25, 0.3) is 0 Å². The summed E-state index contributed by atoms with van der Waals surface area (Å²) in [5.41, 5.74) is 6.50. The van der Waals surface area contributed by atoms with Gasteiger partial charge in [0, 0.05) is 5.56 Å². The van der Waals surface area contributed by atoms with E-state index in [4.69, 9.17) is 0 Å². The molecule has 0 N–H and O–H groups in total. The van der Waals surface area contributed by atoms with Gasteiger partial charge in [-0.3, -0.25) is 0 Å². The van der Waals surface area contributed by atoms with Crippen molar-refractivity contribution >= 4 is 0 Å². The van der Waals surface area contributed by atoms with Gasteiger partial charge in [-0.2, -0.15) is 8.78 Å². The zero-order valence-corrected chi connectivity index (χ0v) is 15.6. The van der Waals surface area contributed by atoms with Crippen molar-refractivity contribution < 1.29 is 17.9 Å². The van der Waals surface area contributed by atoms with Crippen LogP contribution in [-0.2, 0) is 19.3 Å². The molecule has 28 heavy (non-hydrogen) atoms. The van der Waals surface area contributed by atoms with Crippen LogP contribution in [0.1, 0.15) is 30.0 Å². The molecule has 0 heterocycles. The normalized spacial score (nSPS) is 12.6. The molecule has 1 aliphatic rings. The SMILES string of the molecule is CCCc1ccc2c(c1)CCc1c-2ccc(-c2ccc(OC(F)F)cc2)c1F. The first kappa shape index (κ1) is 18.6. The number of rotatable bonds is 5. The summed E-state index contributed by atoms with van der Waals surface area (Å²) >= 11 is 0. The van der Waals surface area contributed by atoms with Crippen molar-refractivity contribution in [3.8, 4) is 28.0 Å². The van der Waals surface area contributed by atoms with Crippen molar-refractivity contribution in [3.63, 3.8) is 0 Å². The van der Waals surface area contributed by atoms with Crippen LogP contribution in [0.5, 0.6) is 5.75 Å². The second kappa shape index (κ2) is 7.70. The highest BCUT2D eigenvalue weighted by Gasteiger charge is 2.22. The van der Waals surface area contributed by atoms with Crippen molar-refractivity contribution in [2.75, 3.05) is 0 Å². The highest BCUT2D eigenvalue weighted by Crippen LogP contribution is 2.39. The van der Waals surface area contributed by atoms with E-state index >= 15 is 4.39 Å². The average Bonchev–Trinajstić information content (AvgIpc) is 2.68. The van der Waals surface area contributed by atoms with Crippen molar-refractivity contribution in [3.05, 3.63) is 77.1 Å². The van der Waals surface area contributed by atoms with Crippen LogP contribution in [0.15, 0.2) is 54.6 Å². The summed E-state index contributed by atoms with van der Waals surface area (Å²) in [5.74, 6) is -0.169. The molecule has 0 saturated carbocycles. The lowest BCUT2D eigenvalue weighted by Gasteiger charge is -2.22. The second-order valence-corrected chi connectivity index (χ2v) is 7.10. The van der Waals surface area contributed by atoms with Crippen LogP contribution in [0.2, 0.25) is 0 Å². The third-order valence-corrected chi connectivity index (χ3v) is 5.28. The molecular formula is C24H21F3O. The molecule has 0 aliphatic heterocycles.